The number of rotatable bonds is 2. The Kier molecular flexibility index (Phi) is 5.31. The van der Waals surface area contributed by atoms with Gasteiger partial charge in [0.25, 0.3) is 0 Å². The van der Waals surface area contributed by atoms with E-state index in [-0.39, 0.29) is 0 Å². The molecule has 0 spiro atoms. The first kappa shape index (κ1) is 15.7. The van der Waals surface area contributed by atoms with Crippen LogP contribution in [0.25, 0.3) is 0 Å². The van der Waals surface area contributed by atoms with Crippen molar-refractivity contribution < 1.29 is 8.95 Å². The van der Waals surface area contributed by atoms with E-state index in [0.29, 0.717) is 33.2 Å². The molecule has 0 bridgehead atoms. The van der Waals surface area contributed by atoms with Crippen LogP contribution in [0.1, 0.15) is 5.56 Å². The van der Waals surface area contributed by atoms with Gasteiger partial charge in [-0.1, -0.05) is 41.5 Å². The molecular weight excluding hydrogens is 343 g/mol. The van der Waals surface area contributed by atoms with E-state index in [0.717, 1.165) is 5.56 Å². The van der Waals surface area contributed by atoms with E-state index in [1.165, 1.54) is 11.8 Å². The Morgan fingerprint density at radius 3 is 2.79 bits per heavy atom. The summed E-state index contributed by atoms with van der Waals surface area (Å²) in [5.74, 6) is 0.473. The summed E-state index contributed by atoms with van der Waals surface area (Å²) in [6.45, 7) is 0.809. The summed E-state index contributed by atoms with van der Waals surface area (Å²) >= 11 is 18.9. The highest BCUT2D eigenvalue weighted by Crippen LogP contribution is 2.39. The Hall–Kier alpha value is 0.350. The van der Waals surface area contributed by atoms with Crippen LogP contribution in [0, 0.1) is 0 Å². The van der Waals surface area contributed by atoms with Gasteiger partial charge < -0.3 is 4.74 Å². The van der Waals surface area contributed by atoms with Gasteiger partial charge in [0.05, 0.1) is 27.5 Å². The zero-order valence-electron chi connectivity index (χ0n) is 10.2. The fraction of sp³-hybridized carbons (Fsp3) is 0.417. The van der Waals surface area contributed by atoms with Gasteiger partial charge in [-0.3, -0.25) is 4.21 Å². The van der Waals surface area contributed by atoms with Crippen molar-refractivity contribution >= 4 is 62.2 Å². The Labute approximate surface area is 134 Å². The maximum atomic E-state index is 12.6. The number of hydrogen-bond donors (Lipinski definition) is 0. The van der Waals surface area contributed by atoms with E-state index >= 15 is 0 Å². The first-order chi connectivity index (χ1) is 9.02. The second kappa shape index (κ2) is 6.41. The van der Waals surface area contributed by atoms with Crippen molar-refractivity contribution in [2.75, 3.05) is 25.2 Å². The largest absolute Gasteiger partial charge is 0.378 e. The van der Waals surface area contributed by atoms with Crippen molar-refractivity contribution in [3.63, 3.8) is 0 Å². The molecule has 2 rings (SSSR count). The molecule has 19 heavy (non-hydrogen) atoms. The molecule has 0 aromatic heterocycles. The molecule has 1 aromatic rings. The normalized spacial score (nSPS) is 27.2. The monoisotopic (exact) mass is 354 g/mol. The molecular formula is C12H12Cl2O2S3. The maximum absolute atomic E-state index is 12.6. The number of benzene rings is 1. The zero-order valence-corrected chi connectivity index (χ0v) is 14.1. The molecule has 1 aliphatic rings. The smallest absolute Gasteiger partial charge is 0.135 e. The molecule has 0 aliphatic carbocycles. The average molecular weight is 355 g/mol. The highest BCUT2D eigenvalue weighted by atomic mass is 35.5. The number of hydrogen-bond acceptors (Lipinski definition) is 4. The molecule has 1 saturated heterocycles. The SMILES string of the molecule is CSC(=S)[C@@]1(c2ccc(Cl)c(Cl)c2)COCC[S@]1=O. The van der Waals surface area contributed by atoms with Crippen molar-refractivity contribution in [2.24, 2.45) is 0 Å². The third kappa shape index (κ3) is 2.87. The fourth-order valence-corrected chi connectivity index (χ4v) is 5.18. The molecule has 0 unspecified atom stereocenters. The Morgan fingerprint density at radius 1 is 1.47 bits per heavy atom. The number of thiocarbonyl (C=S) groups is 1. The van der Waals surface area contributed by atoms with Gasteiger partial charge in [0.2, 0.25) is 0 Å². The summed E-state index contributed by atoms with van der Waals surface area (Å²) in [6, 6.07) is 5.26. The van der Waals surface area contributed by atoms with E-state index < -0.39 is 15.5 Å². The van der Waals surface area contributed by atoms with Gasteiger partial charge >= 0.3 is 0 Å². The van der Waals surface area contributed by atoms with Gasteiger partial charge in [0.15, 0.2) is 0 Å². The van der Waals surface area contributed by atoms with Crippen LogP contribution in [0.2, 0.25) is 10.0 Å². The van der Waals surface area contributed by atoms with Gasteiger partial charge in [0, 0.05) is 16.6 Å². The minimum absolute atomic E-state index is 0.317. The lowest BCUT2D eigenvalue weighted by Crippen LogP contribution is -2.47. The van der Waals surface area contributed by atoms with Crippen LogP contribution < -0.4 is 0 Å². The lowest BCUT2D eigenvalue weighted by Gasteiger charge is -2.36. The van der Waals surface area contributed by atoms with E-state index in [1.54, 1.807) is 12.1 Å². The van der Waals surface area contributed by atoms with E-state index in [2.05, 4.69) is 0 Å². The van der Waals surface area contributed by atoms with E-state index in [1.807, 2.05) is 12.3 Å². The highest BCUT2D eigenvalue weighted by Gasteiger charge is 2.45. The number of thioether (sulfide) groups is 1. The summed E-state index contributed by atoms with van der Waals surface area (Å²) in [7, 11) is -1.12. The third-order valence-electron chi connectivity index (χ3n) is 3.01. The van der Waals surface area contributed by atoms with E-state index in [4.69, 9.17) is 40.2 Å². The fourth-order valence-electron chi connectivity index (χ4n) is 1.99. The third-order valence-corrected chi connectivity index (χ3v) is 7.45. The van der Waals surface area contributed by atoms with Gasteiger partial charge in [0.1, 0.15) is 4.75 Å². The summed E-state index contributed by atoms with van der Waals surface area (Å²) in [5.41, 5.74) is 0.805. The topological polar surface area (TPSA) is 26.3 Å². The standard InChI is InChI=1S/C12H12Cl2O2S3/c1-18-11(17)12(7-16-4-5-19(12)15)8-2-3-9(13)10(14)6-8/h2-3,6H,4-5,7H2,1H3/t12-,19+/m0/s1. The summed E-state index contributed by atoms with van der Waals surface area (Å²) in [4.78, 5) is 0. The second-order valence-electron chi connectivity index (χ2n) is 4.05. The van der Waals surface area contributed by atoms with Gasteiger partial charge in [-0.25, -0.2) is 0 Å². The summed E-state index contributed by atoms with van der Waals surface area (Å²) < 4.78 is 18.0. The first-order valence-corrected chi connectivity index (χ1v) is 9.23. The van der Waals surface area contributed by atoms with Crippen LogP contribution in [0.5, 0.6) is 0 Å². The van der Waals surface area contributed by atoms with Crippen LogP contribution in [0.15, 0.2) is 18.2 Å². The van der Waals surface area contributed by atoms with Crippen molar-refractivity contribution in [3.05, 3.63) is 33.8 Å². The molecule has 2 nitrogen and oxygen atoms in total. The molecule has 104 valence electrons. The van der Waals surface area contributed by atoms with Gasteiger partial charge in [-0.2, -0.15) is 0 Å². The predicted molar refractivity (Wildman–Crippen MR) is 88.1 cm³/mol. The quantitative estimate of drug-likeness (QED) is 0.757. The molecule has 0 radical (unpaired) electrons. The van der Waals surface area contributed by atoms with Crippen LogP contribution in [0.4, 0.5) is 0 Å². The second-order valence-corrected chi connectivity index (χ2v) is 8.14. The average Bonchev–Trinajstić information content (AvgIpc) is 2.42. The molecule has 2 atom stereocenters. The molecule has 1 aliphatic heterocycles. The molecule has 1 fully saturated rings. The van der Waals surface area contributed by atoms with Crippen molar-refractivity contribution in [2.45, 2.75) is 4.75 Å². The van der Waals surface area contributed by atoms with Gasteiger partial charge in [-0.05, 0) is 24.0 Å². The number of ether oxygens (including phenoxy) is 1. The van der Waals surface area contributed by atoms with Crippen molar-refractivity contribution in [3.8, 4) is 0 Å². The van der Waals surface area contributed by atoms with Gasteiger partial charge in [-0.15, -0.1) is 11.8 Å². The lowest BCUT2D eigenvalue weighted by molar-refractivity contribution is 0.130. The molecule has 0 N–H and O–H groups in total. The van der Waals surface area contributed by atoms with Crippen LogP contribution in [0.3, 0.4) is 0 Å². The molecule has 0 saturated carbocycles. The van der Waals surface area contributed by atoms with Crippen molar-refractivity contribution in [1.82, 2.24) is 0 Å². The number of halogens is 2. The lowest BCUT2D eigenvalue weighted by atomic mass is 10.0. The molecule has 1 heterocycles. The zero-order chi connectivity index (χ0) is 14.0. The minimum atomic E-state index is -1.12. The van der Waals surface area contributed by atoms with Crippen LogP contribution >= 0.6 is 47.2 Å². The van der Waals surface area contributed by atoms with Crippen LogP contribution in [-0.2, 0) is 20.3 Å². The minimum Gasteiger partial charge on any atom is -0.378 e. The first-order valence-electron chi connectivity index (χ1n) is 5.52. The molecule has 7 heteroatoms. The Balaban J connectivity index is 2.56. The molecule has 0 amide bonds. The highest BCUT2D eigenvalue weighted by molar-refractivity contribution is 8.24. The predicted octanol–water partition coefficient (Wildman–Crippen LogP) is 3.66. The summed E-state index contributed by atoms with van der Waals surface area (Å²) in [6.07, 6.45) is 1.88. The summed E-state index contributed by atoms with van der Waals surface area (Å²) in [5, 5.41) is 0.906. The van der Waals surface area contributed by atoms with E-state index in [9.17, 15) is 4.21 Å². The Bertz CT molecular complexity index is 526. The molecule has 1 aromatic carbocycles. The van der Waals surface area contributed by atoms with Crippen molar-refractivity contribution in [1.29, 1.82) is 0 Å². The Morgan fingerprint density at radius 2 is 2.21 bits per heavy atom. The maximum Gasteiger partial charge on any atom is 0.135 e. The van der Waals surface area contributed by atoms with Crippen LogP contribution in [-0.4, -0.2) is 33.6 Å².